The molecule has 0 fully saturated rings. The molecule has 106 valence electrons. The molecule has 1 aromatic carbocycles. The van der Waals surface area contributed by atoms with Gasteiger partial charge in [0.1, 0.15) is 16.1 Å². The summed E-state index contributed by atoms with van der Waals surface area (Å²) in [6.07, 6.45) is 2.43. The molecule has 0 radical (unpaired) electrons. The van der Waals surface area contributed by atoms with Crippen molar-refractivity contribution in [3.05, 3.63) is 56.6 Å². The highest BCUT2D eigenvalue weighted by Gasteiger charge is 2.11. The Morgan fingerprint density at radius 2 is 1.50 bits per heavy atom. The van der Waals surface area contributed by atoms with Crippen LogP contribution in [0.3, 0.4) is 0 Å². The van der Waals surface area contributed by atoms with Crippen molar-refractivity contribution in [3.8, 4) is 0 Å². The van der Waals surface area contributed by atoms with E-state index in [4.69, 9.17) is 23.2 Å². The van der Waals surface area contributed by atoms with Crippen LogP contribution in [0, 0.1) is 13.8 Å². The lowest BCUT2D eigenvalue weighted by Crippen LogP contribution is -2.02. The van der Waals surface area contributed by atoms with Crippen LogP contribution >= 0.6 is 23.2 Å². The first kappa shape index (κ1) is 15.3. The van der Waals surface area contributed by atoms with Gasteiger partial charge in [0.05, 0.1) is 0 Å². The van der Waals surface area contributed by atoms with Crippen LogP contribution in [-0.4, -0.2) is 9.97 Å². The fourth-order valence-electron chi connectivity index (χ4n) is 2.36. The van der Waals surface area contributed by atoms with Gasteiger partial charge < -0.3 is 0 Å². The molecule has 0 saturated carbocycles. The molecule has 4 heteroatoms. The molecule has 2 rings (SSSR count). The fraction of sp³-hybridized carbons (Fsp3) is 0.375. The minimum absolute atomic E-state index is 0.478. The normalized spacial score (nSPS) is 10.8. The van der Waals surface area contributed by atoms with Crippen molar-refractivity contribution in [1.82, 2.24) is 9.97 Å². The van der Waals surface area contributed by atoms with E-state index in [0.29, 0.717) is 22.6 Å². The first-order valence-corrected chi connectivity index (χ1v) is 7.53. The van der Waals surface area contributed by atoms with Gasteiger partial charge in [-0.05, 0) is 25.8 Å². The summed E-state index contributed by atoms with van der Waals surface area (Å²) in [6, 6.07) is 6.42. The van der Waals surface area contributed by atoms with Gasteiger partial charge in [0.15, 0.2) is 0 Å². The zero-order valence-electron chi connectivity index (χ0n) is 12.0. The summed E-state index contributed by atoms with van der Waals surface area (Å²) < 4.78 is 0. The summed E-state index contributed by atoms with van der Waals surface area (Å²) in [5.41, 5.74) is 4.50. The number of hydrogen-bond acceptors (Lipinski definition) is 2. The van der Waals surface area contributed by atoms with Gasteiger partial charge in [-0.15, -0.1) is 0 Å². The Hall–Kier alpha value is -1.12. The SMILES string of the molecule is CCCc1c(Cl)nc(Cc2cc(C)cc(C)c2)nc1Cl. The van der Waals surface area contributed by atoms with E-state index in [0.717, 1.165) is 18.4 Å². The molecule has 1 heterocycles. The first-order valence-electron chi connectivity index (χ1n) is 6.77. The lowest BCUT2D eigenvalue weighted by atomic mass is 10.0. The first-order chi connectivity index (χ1) is 9.49. The molecule has 0 unspecified atom stereocenters. The molecule has 0 aliphatic carbocycles. The van der Waals surface area contributed by atoms with E-state index < -0.39 is 0 Å². The minimum Gasteiger partial charge on any atom is -0.220 e. The highest BCUT2D eigenvalue weighted by molar-refractivity contribution is 6.34. The van der Waals surface area contributed by atoms with Gasteiger partial charge >= 0.3 is 0 Å². The van der Waals surface area contributed by atoms with Crippen LogP contribution in [0.2, 0.25) is 10.3 Å². The van der Waals surface area contributed by atoms with Gasteiger partial charge in [-0.2, -0.15) is 0 Å². The summed E-state index contributed by atoms with van der Waals surface area (Å²) in [5, 5.41) is 0.956. The Morgan fingerprint density at radius 3 is 2.00 bits per heavy atom. The maximum Gasteiger partial charge on any atom is 0.137 e. The molecule has 2 aromatic rings. The molecule has 0 saturated heterocycles. The smallest absolute Gasteiger partial charge is 0.137 e. The standard InChI is InChI=1S/C16H18Cl2N2/c1-4-5-13-15(17)19-14(20-16(13)18)9-12-7-10(2)6-11(3)8-12/h6-8H,4-5,9H2,1-3H3. The van der Waals surface area contributed by atoms with Gasteiger partial charge in [-0.25, -0.2) is 9.97 Å². The number of aromatic nitrogens is 2. The second-order valence-electron chi connectivity index (χ2n) is 5.12. The van der Waals surface area contributed by atoms with E-state index in [1.54, 1.807) is 0 Å². The molecule has 0 spiro atoms. The predicted molar refractivity (Wildman–Crippen MR) is 84.8 cm³/mol. The van der Waals surface area contributed by atoms with Crippen LogP contribution in [0.15, 0.2) is 18.2 Å². The Balaban J connectivity index is 2.30. The predicted octanol–water partition coefficient (Wildman–Crippen LogP) is 4.94. The number of halogens is 2. The lowest BCUT2D eigenvalue weighted by Gasteiger charge is -2.08. The van der Waals surface area contributed by atoms with Crippen LogP contribution in [0.25, 0.3) is 0 Å². The maximum absolute atomic E-state index is 6.21. The quantitative estimate of drug-likeness (QED) is 0.747. The number of aryl methyl sites for hydroxylation is 2. The van der Waals surface area contributed by atoms with Crippen molar-refractivity contribution in [1.29, 1.82) is 0 Å². The van der Waals surface area contributed by atoms with Gasteiger partial charge in [-0.3, -0.25) is 0 Å². The van der Waals surface area contributed by atoms with Crippen LogP contribution in [0.1, 0.15) is 41.4 Å². The van der Waals surface area contributed by atoms with Crippen LogP contribution in [-0.2, 0) is 12.8 Å². The molecule has 20 heavy (non-hydrogen) atoms. The number of hydrogen-bond donors (Lipinski definition) is 0. The summed E-state index contributed by atoms with van der Waals surface area (Å²) in [5.74, 6) is 0.671. The van der Waals surface area contributed by atoms with Gasteiger partial charge in [-0.1, -0.05) is 65.9 Å². The highest BCUT2D eigenvalue weighted by atomic mass is 35.5. The van der Waals surface area contributed by atoms with E-state index in [1.165, 1.54) is 16.7 Å². The van der Waals surface area contributed by atoms with Crippen molar-refractivity contribution in [3.63, 3.8) is 0 Å². The third-order valence-electron chi connectivity index (χ3n) is 3.10. The topological polar surface area (TPSA) is 25.8 Å². The minimum atomic E-state index is 0.478. The van der Waals surface area contributed by atoms with Crippen molar-refractivity contribution in [2.45, 2.75) is 40.0 Å². The largest absolute Gasteiger partial charge is 0.220 e. The zero-order valence-corrected chi connectivity index (χ0v) is 13.5. The Bertz CT molecular complexity index is 581. The van der Waals surface area contributed by atoms with Gasteiger partial charge in [0.2, 0.25) is 0 Å². The number of rotatable bonds is 4. The Morgan fingerprint density at radius 1 is 0.950 bits per heavy atom. The molecule has 0 bridgehead atoms. The molecule has 2 nitrogen and oxygen atoms in total. The molecule has 0 atom stereocenters. The average molecular weight is 309 g/mol. The zero-order chi connectivity index (χ0) is 14.7. The number of benzene rings is 1. The number of nitrogens with zero attached hydrogens (tertiary/aromatic N) is 2. The van der Waals surface area contributed by atoms with Crippen molar-refractivity contribution < 1.29 is 0 Å². The maximum atomic E-state index is 6.21. The average Bonchev–Trinajstić information content (AvgIpc) is 2.32. The van der Waals surface area contributed by atoms with E-state index >= 15 is 0 Å². The van der Waals surface area contributed by atoms with E-state index in [9.17, 15) is 0 Å². The molecule has 0 N–H and O–H groups in total. The highest BCUT2D eigenvalue weighted by Crippen LogP contribution is 2.23. The lowest BCUT2D eigenvalue weighted by molar-refractivity contribution is 0.876. The van der Waals surface area contributed by atoms with Crippen molar-refractivity contribution >= 4 is 23.2 Å². The van der Waals surface area contributed by atoms with Gasteiger partial charge in [0, 0.05) is 12.0 Å². The third-order valence-corrected chi connectivity index (χ3v) is 3.72. The van der Waals surface area contributed by atoms with Crippen molar-refractivity contribution in [2.75, 3.05) is 0 Å². The van der Waals surface area contributed by atoms with E-state index in [-0.39, 0.29) is 0 Å². The molecule has 0 aliphatic heterocycles. The second-order valence-corrected chi connectivity index (χ2v) is 5.84. The van der Waals surface area contributed by atoms with Crippen LogP contribution in [0.5, 0.6) is 0 Å². The fourth-order valence-corrected chi connectivity index (χ4v) is 2.97. The van der Waals surface area contributed by atoms with E-state index in [1.807, 2.05) is 0 Å². The molecule has 0 aliphatic rings. The molecule has 0 amide bonds. The second kappa shape index (κ2) is 6.55. The van der Waals surface area contributed by atoms with Crippen LogP contribution < -0.4 is 0 Å². The summed E-state index contributed by atoms with van der Waals surface area (Å²) in [6.45, 7) is 6.25. The molecular weight excluding hydrogens is 291 g/mol. The Labute approximate surface area is 130 Å². The molecule has 1 aromatic heterocycles. The summed E-state index contributed by atoms with van der Waals surface area (Å²) >= 11 is 12.4. The summed E-state index contributed by atoms with van der Waals surface area (Å²) in [4.78, 5) is 8.75. The molecular formula is C16H18Cl2N2. The monoisotopic (exact) mass is 308 g/mol. The third kappa shape index (κ3) is 3.71. The van der Waals surface area contributed by atoms with Gasteiger partial charge in [0.25, 0.3) is 0 Å². The summed E-state index contributed by atoms with van der Waals surface area (Å²) in [7, 11) is 0. The van der Waals surface area contributed by atoms with Crippen LogP contribution in [0.4, 0.5) is 0 Å². The van der Waals surface area contributed by atoms with Crippen molar-refractivity contribution in [2.24, 2.45) is 0 Å². The Kier molecular flexibility index (Phi) is 5.00. The van der Waals surface area contributed by atoms with E-state index in [2.05, 4.69) is 48.9 Å².